The number of H-pyrrole nitrogens is 2. The molecule has 0 saturated carbocycles. The molecule has 3 rings (SSSR count). The third kappa shape index (κ3) is 3.24. The molecule has 0 saturated heterocycles. The van der Waals surface area contributed by atoms with Crippen molar-refractivity contribution in [3.8, 4) is 0 Å². The van der Waals surface area contributed by atoms with Crippen molar-refractivity contribution in [2.24, 2.45) is 0 Å². The lowest BCUT2D eigenvalue weighted by molar-refractivity contribution is 0.679. The van der Waals surface area contributed by atoms with E-state index in [0.29, 0.717) is 6.54 Å². The summed E-state index contributed by atoms with van der Waals surface area (Å²) in [6.45, 7) is 2.82. The van der Waals surface area contributed by atoms with Gasteiger partial charge in [-0.05, 0) is 25.0 Å². The average molecular weight is 317 g/mol. The minimum Gasteiger partial charge on any atom is -0.306 e. The van der Waals surface area contributed by atoms with Crippen molar-refractivity contribution in [1.82, 2.24) is 24.7 Å². The maximum atomic E-state index is 11.9. The van der Waals surface area contributed by atoms with E-state index in [9.17, 15) is 4.79 Å². The summed E-state index contributed by atoms with van der Waals surface area (Å²) < 4.78 is 1.79. The van der Waals surface area contributed by atoms with Crippen molar-refractivity contribution in [2.45, 2.75) is 37.9 Å². The number of nitrogens with zero attached hydrogens (tertiary/aromatic N) is 3. The second-order valence-corrected chi connectivity index (χ2v) is 6.18. The highest BCUT2D eigenvalue weighted by molar-refractivity contribution is 7.99. The van der Waals surface area contributed by atoms with Crippen LogP contribution in [0.3, 0.4) is 0 Å². The summed E-state index contributed by atoms with van der Waals surface area (Å²) in [4.78, 5) is 19.2. The predicted octanol–water partition coefficient (Wildman–Crippen LogP) is 2.58. The van der Waals surface area contributed by atoms with Crippen LogP contribution in [-0.4, -0.2) is 30.5 Å². The van der Waals surface area contributed by atoms with Crippen LogP contribution in [0.25, 0.3) is 11.0 Å². The lowest BCUT2D eigenvalue weighted by Crippen LogP contribution is -2.17. The van der Waals surface area contributed by atoms with Crippen LogP contribution < -0.4 is 5.69 Å². The van der Waals surface area contributed by atoms with Gasteiger partial charge in [-0.15, -0.1) is 5.10 Å². The van der Waals surface area contributed by atoms with Crippen molar-refractivity contribution in [3.05, 3.63) is 40.6 Å². The Bertz CT molecular complexity index is 803. The highest BCUT2D eigenvalue weighted by Gasteiger charge is 2.06. The van der Waals surface area contributed by atoms with Crippen molar-refractivity contribution in [1.29, 1.82) is 0 Å². The van der Waals surface area contributed by atoms with Crippen molar-refractivity contribution < 1.29 is 0 Å². The molecule has 0 spiro atoms. The van der Waals surface area contributed by atoms with Crippen LogP contribution in [-0.2, 0) is 13.0 Å². The molecule has 0 unspecified atom stereocenters. The number of benzene rings is 1. The first-order valence-corrected chi connectivity index (χ1v) is 8.48. The zero-order valence-electron chi connectivity index (χ0n) is 12.5. The van der Waals surface area contributed by atoms with Gasteiger partial charge in [-0.2, -0.15) is 0 Å². The summed E-state index contributed by atoms with van der Waals surface area (Å²) in [5.41, 5.74) is 1.80. The first kappa shape index (κ1) is 14.9. The molecule has 7 heteroatoms. The summed E-state index contributed by atoms with van der Waals surface area (Å²) in [5, 5.41) is 7.93. The Kier molecular flexibility index (Phi) is 4.62. The van der Waals surface area contributed by atoms with Crippen molar-refractivity contribution >= 4 is 22.8 Å². The van der Waals surface area contributed by atoms with Gasteiger partial charge in [0.25, 0.3) is 0 Å². The van der Waals surface area contributed by atoms with Crippen LogP contribution in [0.1, 0.15) is 25.6 Å². The number of aryl methyl sites for hydroxylation is 2. The number of rotatable bonds is 7. The molecule has 2 aromatic heterocycles. The van der Waals surface area contributed by atoms with Crippen LogP contribution in [0, 0.1) is 0 Å². The van der Waals surface area contributed by atoms with Crippen LogP contribution in [0.5, 0.6) is 0 Å². The van der Waals surface area contributed by atoms with Gasteiger partial charge in [0.2, 0.25) is 5.16 Å². The van der Waals surface area contributed by atoms with Gasteiger partial charge in [0, 0.05) is 18.7 Å². The standard InChI is InChI=1S/C15H19N5OS/c1-2-6-13-17-14(19-18-13)22-10-5-9-20-12-8-4-3-7-11(12)16-15(20)21/h3-4,7-8H,2,5-6,9-10H2,1H3,(H,16,21)(H,17,18,19). The van der Waals surface area contributed by atoms with Crippen molar-refractivity contribution in [2.75, 3.05) is 5.75 Å². The molecule has 116 valence electrons. The maximum absolute atomic E-state index is 11.9. The van der Waals surface area contributed by atoms with Gasteiger partial charge in [-0.25, -0.2) is 9.78 Å². The Morgan fingerprint density at radius 2 is 2.18 bits per heavy atom. The number of hydrogen-bond acceptors (Lipinski definition) is 4. The van der Waals surface area contributed by atoms with Crippen LogP contribution in [0.15, 0.2) is 34.2 Å². The molecule has 22 heavy (non-hydrogen) atoms. The minimum atomic E-state index is -0.0469. The Morgan fingerprint density at radius 1 is 1.32 bits per heavy atom. The molecule has 2 N–H and O–H groups in total. The van der Waals surface area contributed by atoms with E-state index in [-0.39, 0.29) is 5.69 Å². The summed E-state index contributed by atoms with van der Waals surface area (Å²) in [6.07, 6.45) is 2.88. The van der Waals surface area contributed by atoms with E-state index in [1.165, 1.54) is 0 Å². The molecular formula is C15H19N5OS. The zero-order chi connectivity index (χ0) is 15.4. The number of aromatic amines is 2. The van der Waals surface area contributed by atoms with E-state index < -0.39 is 0 Å². The van der Waals surface area contributed by atoms with Gasteiger partial charge in [0.15, 0.2) is 0 Å². The normalized spacial score (nSPS) is 11.3. The minimum absolute atomic E-state index is 0.0469. The monoisotopic (exact) mass is 317 g/mol. The molecule has 3 aromatic rings. The fourth-order valence-electron chi connectivity index (χ4n) is 2.41. The number of hydrogen-bond donors (Lipinski definition) is 2. The molecule has 0 aliphatic heterocycles. The molecule has 0 amide bonds. The van der Waals surface area contributed by atoms with E-state index in [1.54, 1.807) is 16.3 Å². The topological polar surface area (TPSA) is 79.4 Å². The van der Waals surface area contributed by atoms with Crippen LogP contribution in [0.2, 0.25) is 0 Å². The largest absolute Gasteiger partial charge is 0.326 e. The Hall–Kier alpha value is -2.02. The molecule has 0 aliphatic carbocycles. The molecule has 0 bridgehead atoms. The lowest BCUT2D eigenvalue weighted by atomic mass is 10.3. The fourth-order valence-corrected chi connectivity index (χ4v) is 3.15. The summed E-state index contributed by atoms with van der Waals surface area (Å²) in [5.74, 6) is 1.83. The molecule has 0 atom stereocenters. The SMILES string of the molecule is CCCc1nc(SCCCn2c(=O)[nH]c3ccccc32)n[nH]1. The Balaban J connectivity index is 1.56. The molecule has 1 aromatic carbocycles. The highest BCUT2D eigenvalue weighted by Crippen LogP contribution is 2.15. The average Bonchev–Trinajstić information content (AvgIpc) is 3.08. The predicted molar refractivity (Wildman–Crippen MR) is 88.3 cm³/mol. The van der Waals surface area contributed by atoms with Gasteiger partial charge in [0.1, 0.15) is 5.82 Å². The first-order chi connectivity index (χ1) is 10.8. The van der Waals surface area contributed by atoms with E-state index in [1.807, 2.05) is 24.3 Å². The van der Waals surface area contributed by atoms with Gasteiger partial charge in [0.05, 0.1) is 11.0 Å². The number of para-hydroxylation sites is 2. The molecule has 6 nitrogen and oxygen atoms in total. The maximum Gasteiger partial charge on any atom is 0.326 e. The Labute approximate surface area is 132 Å². The summed E-state index contributed by atoms with van der Waals surface area (Å²) >= 11 is 1.62. The number of imidazole rings is 1. The fraction of sp³-hybridized carbons (Fsp3) is 0.400. The molecule has 2 heterocycles. The van der Waals surface area contributed by atoms with Gasteiger partial charge < -0.3 is 4.98 Å². The summed E-state index contributed by atoms with van der Waals surface area (Å²) in [7, 11) is 0. The van der Waals surface area contributed by atoms with E-state index >= 15 is 0 Å². The second kappa shape index (κ2) is 6.83. The number of aromatic nitrogens is 5. The second-order valence-electron chi connectivity index (χ2n) is 5.12. The summed E-state index contributed by atoms with van der Waals surface area (Å²) in [6, 6.07) is 7.76. The van der Waals surface area contributed by atoms with E-state index in [2.05, 4.69) is 27.1 Å². The smallest absolute Gasteiger partial charge is 0.306 e. The van der Waals surface area contributed by atoms with Crippen LogP contribution >= 0.6 is 11.8 Å². The molecule has 0 fully saturated rings. The molecule has 0 aliphatic rings. The number of fused-ring (bicyclic) bond motifs is 1. The zero-order valence-corrected chi connectivity index (χ0v) is 13.3. The van der Waals surface area contributed by atoms with E-state index in [0.717, 1.165) is 47.0 Å². The van der Waals surface area contributed by atoms with Gasteiger partial charge in [-0.3, -0.25) is 9.67 Å². The third-order valence-corrected chi connectivity index (χ3v) is 4.37. The number of nitrogens with one attached hydrogen (secondary N) is 2. The van der Waals surface area contributed by atoms with Gasteiger partial charge >= 0.3 is 5.69 Å². The number of thioether (sulfide) groups is 1. The highest BCUT2D eigenvalue weighted by atomic mass is 32.2. The third-order valence-electron chi connectivity index (χ3n) is 3.44. The Morgan fingerprint density at radius 3 is 3.05 bits per heavy atom. The quantitative estimate of drug-likeness (QED) is 0.518. The first-order valence-electron chi connectivity index (χ1n) is 7.49. The van der Waals surface area contributed by atoms with Gasteiger partial charge in [-0.1, -0.05) is 30.8 Å². The van der Waals surface area contributed by atoms with Crippen LogP contribution in [0.4, 0.5) is 0 Å². The van der Waals surface area contributed by atoms with Crippen molar-refractivity contribution in [3.63, 3.8) is 0 Å². The molecular weight excluding hydrogens is 298 g/mol. The molecule has 0 radical (unpaired) electrons. The lowest BCUT2D eigenvalue weighted by Gasteiger charge is -2.02. The van der Waals surface area contributed by atoms with E-state index in [4.69, 9.17) is 0 Å².